The van der Waals surface area contributed by atoms with E-state index in [9.17, 15) is 15.0 Å². The third-order valence-electron chi connectivity index (χ3n) is 3.53. The number of aliphatic hydroxyl groups is 1. The van der Waals surface area contributed by atoms with Gasteiger partial charge in [-0.3, -0.25) is 4.79 Å². The second-order valence-electron chi connectivity index (χ2n) is 5.20. The van der Waals surface area contributed by atoms with E-state index >= 15 is 0 Å². The Kier molecular flexibility index (Phi) is 4.15. The molecule has 1 aliphatic heterocycles. The maximum absolute atomic E-state index is 12.3. The number of nitrogens with one attached hydrogen (secondary N) is 1. The Bertz CT molecular complexity index is 498. The molecule has 1 saturated heterocycles. The number of ether oxygens (including phenoxy) is 1. The van der Waals surface area contributed by atoms with E-state index in [2.05, 4.69) is 5.32 Å². The molecule has 20 heavy (non-hydrogen) atoms. The lowest BCUT2D eigenvalue weighted by molar-refractivity contribution is 0.0251. The van der Waals surface area contributed by atoms with Gasteiger partial charge in [0.2, 0.25) is 0 Å². The number of benzene rings is 1. The summed E-state index contributed by atoms with van der Waals surface area (Å²) in [7, 11) is 3.11. The van der Waals surface area contributed by atoms with E-state index in [1.165, 1.54) is 24.1 Å². The minimum atomic E-state index is -0.904. The van der Waals surface area contributed by atoms with Crippen molar-refractivity contribution in [3.63, 3.8) is 0 Å². The van der Waals surface area contributed by atoms with E-state index < -0.39 is 5.60 Å². The van der Waals surface area contributed by atoms with E-state index in [1.807, 2.05) is 0 Å². The lowest BCUT2D eigenvalue weighted by atomic mass is 10.0. The summed E-state index contributed by atoms with van der Waals surface area (Å²) in [4.78, 5) is 13.8. The van der Waals surface area contributed by atoms with Crippen LogP contribution in [0.1, 0.15) is 16.8 Å². The summed E-state index contributed by atoms with van der Waals surface area (Å²) in [6.45, 7) is 1.42. The predicted molar refractivity (Wildman–Crippen MR) is 74.1 cm³/mol. The zero-order valence-electron chi connectivity index (χ0n) is 11.7. The van der Waals surface area contributed by atoms with Crippen molar-refractivity contribution in [2.24, 2.45) is 0 Å². The molecule has 0 spiro atoms. The molecular formula is C14H20N2O4. The highest BCUT2D eigenvalue weighted by molar-refractivity contribution is 5.97. The minimum Gasteiger partial charge on any atom is -0.507 e. The number of β-amino-alcohol motifs (C(OH)–C–C–N with tert-alkyl or cyclic N) is 1. The molecule has 0 saturated carbocycles. The second kappa shape index (κ2) is 5.68. The van der Waals surface area contributed by atoms with Crippen molar-refractivity contribution < 1.29 is 19.7 Å². The Hall–Kier alpha value is -1.79. The molecule has 1 heterocycles. The second-order valence-corrected chi connectivity index (χ2v) is 5.20. The van der Waals surface area contributed by atoms with Gasteiger partial charge >= 0.3 is 0 Å². The van der Waals surface area contributed by atoms with Crippen LogP contribution in [0.2, 0.25) is 0 Å². The van der Waals surface area contributed by atoms with Gasteiger partial charge in [0.05, 0.1) is 24.8 Å². The van der Waals surface area contributed by atoms with Crippen molar-refractivity contribution in [3.8, 4) is 11.5 Å². The van der Waals surface area contributed by atoms with Gasteiger partial charge in [-0.1, -0.05) is 0 Å². The summed E-state index contributed by atoms with van der Waals surface area (Å²) >= 11 is 0. The van der Waals surface area contributed by atoms with Crippen LogP contribution in [0.3, 0.4) is 0 Å². The summed E-state index contributed by atoms with van der Waals surface area (Å²) in [6, 6.07) is 4.50. The summed E-state index contributed by atoms with van der Waals surface area (Å²) in [5, 5.41) is 23.2. The lowest BCUT2D eigenvalue weighted by Gasteiger charge is -2.28. The van der Waals surface area contributed by atoms with Gasteiger partial charge in [0.1, 0.15) is 11.5 Å². The van der Waals surface area contributed by atoms with Crippen LogP contribution in [0.15, 0.2) is 18.2 Å². The molecule has 6 nitrogen and oxygen atoms in total. The Morgan fingerprint density at radius 1 is 1.55 bits per heavy atom. The monoisotopic (exact) mass is 280 g/mol. The van der Waals surface area contributed by atoms with Gasteiger partial charge in [-0.2, -0.15) is 0 Å². The van der Waals surface area contributed by atoms with Gasteiger partial charge in [-0.25, -0.2) is 0 Å². The number of likely N-dealkylation sites (N-methyl/N-ethyl adjacent to an activating group) is 1. The van der Waals surface area contributed by atoms with Crippen molar-refractivity contribution in [2.45, 2.75) is 12.0 Å². The summed E-state index contributed by atoms with van der Waals surface area (Å²) in [5.74, 6) is 0.0571. The predicted octanol–water partition coefficient (Wildman–Crippen LogP) is 0.197. The van der Waals surface area contributed by atoms with Crippen LogP contribution in [-0.2, 0) is 0 Å². The minimum absolute atomic E-state index is 0.0980. The molecule has 1 fully saturated rings. The number of methoxy groups -OCH3 is 1. The van der Waals surface area contributed by atoms with E-state index in [-0.39, 0.29) is 23.8 Å². The molecule has 1 aliphatic rings. The molecule has 0 aromatic heterocycles. The van der Waals surface area contributed by atoms with Gasteiger partial charge in [-0.15, -0.1) is 0 Å². The molecule has 0 aliphatic carbocycles. The van der Waals surface area contributed by atoms with Crippen molar-refractivity contribution in [1.29, 1.82) is 0 Å². The Morgan fingerprint density at radius 2 is 2.30 bits per heavy atom. The Balaban J connectivity index is 2.14. The fourth-order valence-electron chi connectivity index (χ4n) is 2.40. The van der Waals surface area contributed by atoms with Crippen LogP contribution in [0.4, 0.5) is 0 Å². The molecule has 0 bridgehead atoms. The Morgan fingerprint density at radius 3 is 2.90 bits per heavy atom. The summed E-state index contributed by atoms with van der Waals surface area (Å²) in [6.07, 6.45) is 0.606. The number of nitrogens with zero attached hydrogens (tertiary/aromatic N) is 1. The summed E-state index contributed by atoms with van der Waals surface area (Å²) in [5.41, 5.74) is -0.736. The smallest absolute Gasteiger partial charge is 0.257 e. The highest BCUT2D eigenvalue weighted by Gasteiger charge is 2.34. The van der Waals surface area contributed by atoms with Crippen LogP contribution < -0.4 is 10.1 Å². The van der Waals surface area contributed by atoms with E-state index in [1.54, 1.807) is 13.1 Å². The van der Waals surface area contributed by atoms with Crippen LogP contribution in [0.5, 0.6) is 11.5 Å². The number of phenolic OH excluding ortho intramolecular Hbond substituents is 1. The molecule has 1 aromatic rings. The third-order valence-corrected chi connectivity index (χ3v) is 3.53. The van der Waals surface area contributed by atoms with Crippen molar-refractivity contribution in [3.05, 3.63) is 23.8 Å². The topological polar surface area (TPSA) is 82.0 Å². The van der Waals surface area contributed by atoms with Crippen LogP contribution >= 0.6 is 0 Å². The van der Waals surface area contributed by atoms with Crippen molar-refractivity contribution in [2.75, 3.05) is 33.8 Å². The quantitative estimate of drug-likeness (QED) is 0.734. The van der Waals surface area contributed by atoms with Crippen LogP contribution in [0, 0.1) is 0 Å². The zero-order chi connectivity index (χ0) is 14.8. The maximum Gasteiger partial charge on any atom is 0.257 e. The van der Waals surface area contributed by atoms with E-state index in [0.717, 1.165) is 6.54 Å². The number of carbonyl (C=O) groups excluding carboxylic acids is 1. The SMILES string of the molecule is COc1ccc(O)c(C(=O)N(C)CC2(O)CCNC2)c1. The first-order chi connectivity index (χ1) is 9.45. The largest absolute Gasteiger partial charge is 0.507 e. The standard InChI is InChI=1S/C14H20N2O4/c1-16(9-14(19)5-6-15-8-14)13(18)11-7-10(20-2)3-4-12(11)17/h3-4,7,15,17,19H,5-6,8-9H2,1-2H3. The van der Waals surface area contributed by atoms with Crippen LogP contribution in [0.25, 0.3) is 0 Å². The van der Waals surface area contributed by atoms with Crippen molar-refractivity contribution >= 4 is 5.91 Å². The first-order valence-electron chi connectivity index (χ1n) is 6.51. The molecule has 1 aromatic carbocycles. The number of hydrogen-bond donors (Lipinski definition) is 3. The molecule has 1 unspecified atom stereocenters. The molecule has 6 heteroatoms. The highest BCUT2D eigenvalue weighted by atomic mass is 16.5. The third kappa shape index (κ3) is 3.02. The van der Waals surface area contributed by atoms with E-state index in [0.29, 0.717) is 18.7 Å². The number of rotatable bonds is 4. The molecule has 2 rings (SSSR count). The molecule has 1 atom stereocenters. The molecule has 110 valence electrons. The van der Waals surface area contributed by atoms with Gasteiger partial charge in [0.25, 0.3) is 5.91 Å². The zero-order valence-corrected chi connectivity index (χ0v) is 11.7. The fraction of sp³-hybridized carbons (Fsp3) is 0.500. The molecular weight excluding hydrogens is 260 g/mol. The number of aromatic hydroxyl groups is 1. The Labute approximate surface area is 118 Å². The van der Waals surface area contributed by atoms with Gasteiger partial charge in [0, 0.05) is 13.6 Å². The highest BCUT2D eigenvalue weighted by Crippen LogP contribution is 2.25. The van der Waals surface area contributed by atoms with E-state index in [4.69, 9.17) is 4.74 Å². The number of carbonyl (C=O) groups is 1. The first kappa shape index (κ1) is 14.6. The normalized spacial score (nSPS) is 21.8. The number of phenols is 1. The maximum atomic E-state index is 12.3. The summed E-state index contributed by atoms with van der Waals surface area (Å²) < 4.78 is 5.05. The fourth-order valence-corrected chi connectivity index (χ4v) is 2.40. The van der Waals surface area contributed by atoms with Gasteiger partial charge in [-0.05, 0) is 31.2 Å². The molecule has 3 N–H and O–H groups in total. The van der Waals surface area contributed by atoms with Crippen LogP contribution in [-0.4, -0.2) is 60.4 Å². The lowest BCUT2D eigenvalue weighted by Crippen LogP contribution is -2.45. The van der Waals surface area contributed by atoms with Gasteiger partial charge in [0.15, 0.2) is 0 Å². The molecule has 1 amide bonds. The average molecular weight is 280 g/mol. The van der Waals surface area contributed by atoms with Gasteiger partial charge < -0.3 is 25.2 Å². The average Bonchev–Trinajstić information content (AvgIpc) is 2.85. The number of amides is 1. The van der Waals surface area contributed by atoms with Crippen molar-refractivity contribution in [1.82, 2.24) is 10.2 Å². The number of hydrogen-bond acceptors (Lipinski definition) is 5. The molecule has 0 radical (unpaired) electrons. The first-order valence-corrected chi connectivity index (χ1v) is 6.51.